The van der Waals surface area contributed by atoms with Crippen LogP contribution in [0.2, 0.25) is 0 Å². The Morgan fingerprint density at radius 1 is 1.21 bits per heavy atom. The van der Waals surface area contributed by atoms with Crippen LogP contribution < -0.4 is 14.8 Å². The second-order valence-electron chi connectivity index (χ2n) is 5.11. The second-order valence-corrected chi connectivity index (χ2v) is 6.10. The summed E-state index contributed by atoms with van der Waals surface area (Å²) in [6.45, 7) is 3.04. The maximum atomic E-state index is 12.3. The second kappa shape index (κ2) is 8.65. The van der Waals surface area contributed by atoms with Crippen LogP contribution in [-0.2, 0) is 4.74 Å². The normalized spacial score (nSPS) is 10.5. The lowest BCUT2D eigenvalue weighted by atomic mass is 10.2. The Morgan fingerprint density at radius 3 is 2.62 bits per heavy atom. The zero-order chi connectivity index (χ0) is 17.5. The van der Waals surface area contributed by atoms with E-state index in [4.69, 9.17) is 14.2 Å². The maximum Gasteiger partial charge on any atom is 0.263 e. The number of benzene rings is 1. The van der Waals surface area contributed by atoms with Crippen LogP contribution in [0.15, 0.2) is 18.2 Å². The number of nitrogens with zero attached hydrogens (tertiary/aromatic N) is 1. The van der Waals surface area contributed by atoms with E-state index in [-0.39, 0.29) is 5.91 Å². The van der Waals surface area contributed by atoms with Gasteiger partial charge in [0.2, 0.25) is 0 Å². The maximum absolute atomic E-state index is 12.3. The van der Waals surface area contributed by atoms with E-state index in [1.165, 1.54) is 11.3 Å². The Hall–Kier alpha value is -2.12. The Bertz CT molecular complexity index is 700. The van der Waals surface area contributed by atoms with E-state index in [1.54, 1.807) is 21.3 Å². The van der Waals surface area contributed by atoms with Gasteiger partial charge in [0.05, 0.1) is 19.9 Å². The van der Waals surface area contributed by atoms with Crippen molar-refractivity contribution in [2.75, 3.05) is 34.5 Å². The van der Waals surface area contributed by atoms with E-state index in [9.17, 15) is 4.79 Å². The molecule has 0 unspecified atom stereocenters. The third kappa shape index (κ3) is 4.24. The fourth-order valence-corrected chi connectivity index (χ4v) is 3.18. The first-order valence-corrected chi connectivity index (χ1v) is 8.39. The average molecular weight is 350 g/mol. The fraction of sp³-hybridized carbons (Fsp3) is 0.412. The minimum atomic E-state index is -0.104. The molecule has 0 radical (unpaired) electrons. The molecule has 1 heterocycles. The van der Waals surface area contributed by atoms with Crippen molar-refractivity contribution in [2.24, 2.45) is 0 Å². The zero-order valence-electron chi connectivity index (χ0n) is 14.3. The highest BCUT2D eigenvalue weighted by Gasteiger charge is 2.17. The summed E-state index contributed by atoms with van der Waals surface area (Å²) in [6.07, 6.45) is 0.780. The van der Waals surface area contributed by atoms with Gasteiger partial charge in [-0.3, -0.25) is 4.79 Å². The molecule has 0 aliphatic heterocycles. The number of nitrogens with one attached hydrogen (secondary N) is 1. The van der Waals surface area contributed by atoms with Crippen LogP contribution in [0.3, 0.4) is 0 Å². The summed E-state index contributed by atoms with van der Waals surface area (Å²) < 4.78 is 15.5. The lowest BCUT2D eigenvalue weighted by Gasteiger charge is -2.08. The smallest absolute Gasteiger partial charge is 0.263 e. The number of rotatable bonds is 8. The van der Waals surface area contributed by atoms with Crippen LogP contribution in [0.4, 0.5) is 0 Å². The minimum Gasteiger partial charge on any atom is -0.493 e. The zero-order valence-corrected chi connectivity index (χ0v) is 15.2. The minimum absolute atomic E-state index is 0.104. The van der Waals surface area contributed by atoms with Gasteiger partial charge < -0.3 is 19.5 Å². The number of hydrogen-bond acceptors (Lipinski definition) is 6. The molecule has 0 spiro atoms. The highest BCUT2D eigenvalue weighted by Crippen LogP contribution is 2.34. The molecule has 0 atom stereocenters. The molecule has 2 rings (SSSR count). The van der Waals surface area contributed by atoms with Crippen molar-refractivity contribution < 1.29 is 19.0 Å². The first-order valence-electron chi connectivity index (χ1n) is 7.57. The van der Waals surface area contributed by atoms with Crippen molar-refractivity contribution in [2.45, 2.75) is 13.3 Å². The van der Waals surface area contributed by atoms with E-state index in [0.717, 1.165) is 17.0 Å². The molecule has 1 aromatic carbocycles. The summed E-state index contributed by atoms with van der Waals surface area (Å²) in [4.78, 5) is 17.4. The van der Waals surface area contributed by atoms with Crippen LogP contribution in [0.25, 0.3) is 10.6 Å². The quantitative estimate of drug-likeness (QED) is 0.741. The van der Waals surface area contributed by atoms with Gasteiger partial charge in [0, 0.05) is 25.8 Å². The number of ether oxygens (including phenoxy) is 3. The van der Waals surface area contributed by atoms with Gasteiger partial charge in [-0.25, -0.2) is 4.98 Å². The molecule has 1 aromatic heterocycles. The summed E-state index contributed by atoms with van der Waals surface area (Å²) in [5, 5.41) is 3.66. The number of carbonyl (C=O) groups excluding carboxylic acids is 1. The van der Waals surface area contributed by atoms with E-state index in [1.807, 2.05) is 25.1 Å². The van der Waals surface area contributed by atoms with Crippen molar-refractivity contribution in [3.05, 3.63) is 28.8 Å². The molecule has 1 amide bonds. The highest BCUT2D eigenvalue weighted by molar-refractivity contribution is 7.17. The molecule has 7 heteroatoms. The van der Waals surface area contributed by atoms with Crippen LogP contribution in [0.1, 0.15) is 21.8 Å². The van der Waals surface area contributed by atoms with Gasteiger partial charge in [0.15, 0.2) is 11.5 Å². The first-order chi connectivity index (χ1) is 11.6. The molecule has 0 aliphatic rings. The van der Waals surface area contributed by atoms with Crippen molar-refractivity contribution >= 4 is 17.2 Å². The number of methoxy groups -OCH3 is 3. The average Bonchev–Trinajstić information content (AvgIpc) is 2.99. The molecule has 2 aromatic rings. The molecule has 0 fully saturated rings. The lowest BCUT2D eigenvalue weighted by molar-refractivity contribution is 0.0952. The predicted molar refractivity (Wildman–Crippen MR) is 94.2 cm³/mol. The molecule has 6 nitrogen and oxygen atoms in total. The highest BCUT2D eigenvalue weighted by atomic mass is 32.1. The standard InChI is InChI=1S/C17H22N2O4S/c1-11-15(16(20)18-8-5-9-21-2)24-17(19-11)12-6-7-13(22-3)14(10-12)23-4/h6-7,10H,5,8-9H2,1-4H3,(H,18,20). The number of thiazole rings is 1. The Kier molecular flexibility index (Phi) is 6.57. The number of amides is 1. The summed E-state index contributed by atoms with van der Waals surface area (Å²) in [5.41, 5.74) is 1.60. The van der Waals surface area contributed by atoms with Gasteiger partial charge in [-0.1, -0.05) is 0 Å². The van der Waals surface area contributed by atoms with E-state index in [0.29, 0.717) is 35.2 Å². The number of hydrogen-bond donors (Lipinski definition) is 1. The number of aromatic nitrogens is 1. The van der Waals surface area contributed by atoms with Crippen LogP contribution >= 0.6 is 11.3 Å². The topological polar surface area (TPSA) is 69.7 Å². The van der Waals surface area contributed by atoms with Gasteiger partial charge in [-0.05, 0) is 31.5 Å². The van der Waals surface area contributed by atoms with Crippen LogP contribution in [0.5, 0.6) is 11.5 Å². The third-order valence-corrected chi connectivity index (χ3v) is 4.65. The molecule has 0 aliphatic carbocycles. The van der Waals surface area contributed by atoms with E-state index < -0.39 is 0 Å². The summed E-state index contributed by atoms with van der Waals surface area (Å²) >= 11 is 1.37. The molecule has 0 bridgehead atoms. The van der Waals surface area contributed by atoms with Gasteiger partial charge in [-0.15, -0.1) is 11.3 Å². The molecular weight excluding hydrogens is 328 g/mol. The first kappa shape index (κ1) is 18.2. The molecule has 130 valence electrons. The van der Waals surface area contributed by atoms with Crippen LogP contribution in [0, 0.1) is 6.92 Å². The van der Waals surface area contributed by atoms with Crippen molar-refractivity contribution in [3.63, 3.8) is 0 Å². The largest absolute Gasteiger partial charge is 0.493 e. The van der Waals surface area contributed by atoms with Gasteiger partial charge in [-0.2, -0.15) is 0 Å². The number of aryl methyl sites for hydroxylation is 1. The molecule has 24 heavy (non-hydrogen) atoms. The Balaban J connectivity index is 2.17. The lowest BCUT2D eigenvalue weighted by Crippen LogP contribution is -2.24. The van der Waals surface area contributed by atoms with Gasteiger partial charge in [0.1, 0.15) is 9.88 Å². The predicted octanol–water partition coefficient (Wildman–Crippen LogP) is 2.90. The molecular formula is C17H22N2O4S. The van der Waals surface area contributed by atoms with Crippen LogP contribution in [-0.4, -0.2) is 45.4 Å². The molecule has 1 N–H and O–H groups in total. The van der Waals surface area contributed by atoms with Crippen molar-refractivity contribution in [3.8, 4) is 22.1 Å². The summed E-state index contributed by atoms with van der Waals surface area (Å²) in [6, 6.07) is 5.59. The van der Waals surface area contributed by atoms with E-state index in [2.05, 4.69) is 10.3 Å². The Labute approximate surface area is 145 Å². The SMILES string of the molecule is COCCCNC(=O)c1sc(-c2ccc(OC)c(OC)c2)nc1C. The van der Waals surface area contributed by atoms with E-state index >= 15 is 0 Å². The third-order valence-electron chi connectivity index (χ3n) is 3.44. The Morgan fingerprint density at radius 2 is 1.96 bits per heavy atom. The molecule has 0 saturated heterocycles. The van der Waals surface area contributed by atoms with Gasteiger partial charge >= 0.3 is 0 Å². The monoisotopic (exact) mass is 350 g/mol. The fourth-order valence-electron chi connectivity index (χ4n) is 2.20. The molecule has 0 saturated carbocycles. The van der Waals surface area contributed by atoms with Crippen molar-refractivity contribution in [1.29, 1.82) is 0 Å². The summed E-state index contributed by atoms with van der Waals surface area (Å²) in [7, 11) is 4.83. The van der Waals surface area contributed by atoms with Crippen molar-refractivity contribution in [1.82, 2.24) is 10.3 Å². The number of carbonyl (C=O) groups is 1. The van der Waals surface area contributed by atoms with Gasteiger partial charge in [0.25, 0.3) is 5.91 Å². The summed E-state index contributed by atoms with van der Waals surface area (Å²) in [5.74, 6) is 1.19.